The van der Waals surface area contributed by atoms with Gasteiger partial charge in [-0.1, -0.05) is 37.6 Å². The van der Waals surface area contributed by atoms with Crippen molar-refractivity contribution in [3.63, 3.8) is 0 Å². The van der Waals surface area contributed by atoms with Gasteiger partial charge in [-0.2, -0.15) is 9.97 Å². The van der Waals surface area contributed by atoms with E-state index in [4.69, 9.17) is 9.97 Å². The molecule has 3 heterocycles. The lowest BCUT2D eigenvalue weighted by molar-refractivity contribution is 0.635. The van der Waals surface area contributed by atoms with Crippen LogP contribution in [0, 0.1) is 6.92 Å². The molecule has 0 spiro atoms. The summed E-state index contributed by atoms with van der Waals surface area (Å²) in [5.41, 5.74) is 3.43. The maximum atomic E-state index is 4.93. The molecule has 0 unspecified atom stereocenters. The first-order valence-electron chi connectivity index (χ1n) is 11.0. The fourth-order valence-corrected chi connectivity index (χ4v) is 3.94. The van der Waals surface area contributed by atoms with Crippen molar-refractivity contribution < 1.29 is 0 Å². The van der Waals surface area contributed by atoms with Gasteiger partial charge in [0.15, 0.2) is 0 Å². The molecule has 0 amide bonds. The van der Waals surface area contributed by atoms with Crippen molar-refractivity contribution in [1.29, 1.82) is 0 Å². The average molecular weight is 418 g/mol. The molecule has 2 N–H and O–H groups in total. The molecule has 0 aliphatic carbocycles. The summed E-state index contributed by atoms with van der Waals surface area (Å²) < 4.78 is 0. The number of pyridine rings is 1. The van der Waals surface area contributed by atoms with Gasteiger partial charge in [0.1, 0.15) is 17.5 Å². The van der Waals surface area contributed by atoms with Gasteiger partial charge < -0.3 is 20.4 Å². The summed E-state index contributed by atoms with van der Waals surface area (Å²) in [5.74, 6) is 3.49. The smallest absolute Gasteiger partial charge is 0.229 e. The van der Waals surface area contributed by atoms with Gasteiger partial charge >= 0.3 is 0 Å². The predicted molar refractivity (Wildman–Crippen MR) is 129 cm³/mol. The predicted octanol–water partition coefficient (Wildman–Crippen LogP) is 4.24. The lowest BCUT2D eigenvalue weighted by Gasteiger charge is -2.35. The van der Waals surface area contributed by atoms with Crippen LogP contribution in [0.2, 0.25) is 0 Å². The highest BCUT2D eigenvalue weighted by Gasteiger charge is 2.22. The summed E-state index contributed by atoms with van der Waals surface area (Å²) in [7, 11) is 1.91. The summed E-state index contributed by atoms with van der Waals surface area (Å²) in [6, 6.07) is 14.5. The number of rotatable bonds is 7. The molecule has 0 radical (unpaired) electrons. The van der Waals surface area contributed by atoms with Gasteiger partial charge in [0, 0.05) is 50.7 Å². The van der Waals surface area contributed by atoms with Crippen LogP contribution >= 0.6 is 0 Å². The Bertz CT molecular complexity index is 998. The lowest BCUT2D eigenvalue weighted by Crippen LogP contribution is -2.47. The van der Waals surface area contributed by atoms with Crippen molar-refractivity contribution in [1.82, 2.24) is 15.0 Å². The largest absolute Gasteiger partial charge is 0.373 e. The van der Waals surface area contributed by atoms with Gasteiger partial charge in [-0.3, -0.25) is 0 Å². The fraction of sp³-hybridized carbons (Fsp3) is 0.375. The molecule has 1 saturated heterocycles. The Morgan fingerprint density at radius 2 is 1.61 bits per heavy atom. The average Bonchev–Trinajstić information content (AvgIpc) is 2.82. The number of aryl methyl sites for hydroxylation is 1. The molecule has 1 fully saturated rings. The first-order valence-corrected chi connectivity index (χ1v) is 11.0. The molecule has 3 aromatic rings. The Morgan fingerprint density at radius 1 is 0.903 bits per heavy atom. The Labute approximate surface area is 184 Å². The van der Waals surface area contributed by atoms with Crippen LogP contribution in [0.3, 0.4) is 0 Å². The minimum atomic E-state index is 0.756. The monoisotopic (exact) mass is 417 g/mol. The molecule has 0 saturated carbocycles. The zero-order chi connectivity index (χ0) is 21.6. The highest BCUT2D eigenvalue weighted by Crippen LogP contribution is 2.29. The van der Waals surface area contributed by atoms with Crippen LogP contribution in [0.5, 0.6) is 0 Å². The molecule has 1 aliphatic rings. The van der Waals surface area contributed by atoms with E-state index >= 15 is 0 Å². The second-order valence-electron chi connectivity index (χ2n) is 7.79. The van der Waals surface area contributed by atoms with Crippen LogP contribution in [0.4, 0.5) is 29.1 Å². The van der Waals surface area contributed by atoms with Crippen molar-refractivity contribution in [3.8, 4) is 0 Å². The van der Waals surface area contributed by atoms with Gasteiger partial charge in [0.05, 0.1) is 0 Å². The Morgan fingerprint density at radius 3 is 2.32 bits per heavy atom. The van der Waals surface area contributed by atoms with Gasteiger partial charge in [0.25, 0.3) is 0 Å². The van der Waals surface area contributed by atoms with Crippen molar-refractivity contribution in [3.05, 3.63) is 59.8 Å². The van der Waals surface area contributed by atoms with Gasteiger partial charge in [-0.25, -0.2) is 4.98 Å². The summed E-state index contributed by atoms with van der Waals surface area (Å²) in [6.07, 6.45) is 3.99. The molecular weight excluding hydrogens is 386 g/mol. The molecule has 4 rings (SSSR count). The third kappa shape index (κ3) is 4.71. The van der Waals surface area contributed by atoms with Crippen LogP contribution in [0.25, 0.3) is 0 Å². The quantitative estimate of drug-likeness (QED) is 0.596. The van der Waals surface area contributed by atoms with Gasteiger partial charge in [-0.15, -0.1) is 0 Å². The highest BCUT2D eigenvalue weighted by atomic mass is 15.3. The number of benzene rings is 1. The van der Waals surface area contributed by atoms with Crippen LogP contribution in [-0.4, -0.2) is 48.2 Å². The number of para-hydroxylation sites is 1. The van der Waals surface area contributed by atoms with Gasteiger partial charge in [0.2, 0.25) is 5.95 Å². The summed E-state index contributed by atoms with van der Waals surface area (Å²) in [5, 5.41) is 6.81. The first kappa shape index (κ1) is 20.9. The molecular formula is C24H31N7. The zero-order valence-electron chi connectivity index (χ0n) is 18.6. The molecule has 1 aliphatic heterocycles. The molecule has 2 aromatic heterocycles. The number of hydrogen-bond acceptors (Lipinski definition) is 7. The van der Waals surface area contributed by atoms with E-state index < -0.39 is 0 Å². The van der Waals surface area contributed by atoms with E-state index in [1.807, 2.05) is 25.4 Å². The fourth-order valence-electron chi connectivity index (χ4n) is 3.94. The molecule has 0 atom stereocenters. The highest BCUT2D eigenvalue weighted by molar-refractivity contribution is 5.68. The summed E-state index contributed by atoms with van der Waals surface area (Å²) >= 11 is 0. The third-order valence-electron chi connectivity index (χ3n) is 5.70. The van der Waals surface area contributed by atoms with E-state index in [1.165, 1.54) is 5.56 Å². The van der Waals surface area contributed by atoms with E-state index in [9.17, 15) is 0 Å². The summed E-state index contributed by atoms with van der Waals surface area (Å²) in [4.78, 5) is 18.8. The molecule has 7 nitrogen and oxygen atoms in total. The maximum absolute atomic E-state index is 4.93. The maximum Gasteiger partial charge on any atom is 0.229 e. The van der Waals surface area contributed by atoms with Crippen molar-refractivity contribution in [2.24, 2.45) is 0 Å². The molecule has 162 valence electrons. The molecule has 0 bridgehead atoms. The Kier molecular flexibility index (Phi) is 6.50. The van der Waals surface area contributed by atoms with Crippen LogP contribution < -0.4 is 20.4 Å². The third-order valence-corrected chi connectivity index (χ3v) is 5.70. The SMILES string of the molecule is CCCc1ccccc1Nc1nc(N2CCN(c3ccccn3)CC2)nc(NC)c1C. The zero-order valence-corrected chi connectivity index (χ0v) is 18.6. The van der Waals surface area contributed by atoms with Crippen LogP contribution in [-0.2, 0) is 6.42 Å². The number of piperazine rings is 1. The second-order valence-corrected chi connectivity index (χ2v) is 7.79. The van der Waals surface area contributed by atoms with Crippen molar-refractivity contribution in [2.45, 2.75) is 26.7 Å². The Hall–Kier alpha value is -3.35. The van der Waals surface area contributed by atoms with Crippen LogP contribution in [0.1, 0.15) is 24.5 Å². The first-order chi connectivity index (χ1) is 15.2. The standard InChI is InChI=1S/C24H31N7/c1-4-9-19-10-5-6-11-20(19)27-23-18(2)22(25-3)28-24(29-23)31-16-14-30(15-17-31)21-12-7-8-13-26-21/h5-8,10-13H,4,9,14-17H2,1-3H3,(H2,25,27,28,29). The molecule has 31 heavy (non-hydrogen) atoms. The second kappa shape index (κ2) is 9.64. The normalized spacial score (nSPS) is 13.9. The Balaban J connectivity index is 1.56. The van der Waals surface area contributed by atoms with Crippen molar-refractivity contribution in [2.75, 3.05) is 53.7 Å². The van der Waals surface area contributed by atoms with Crippen molar-refractivity contribution >= 4 is 29.1 Å². The minimum Gasteiger partial charge on any atom is -0.373 e. The van der Waals surface area contributed by atoms with E-state index in [0.717, 1.165) is 73.7 Å². The lowest BCUT2D eigenvalue weighted by atomic mass is 10.1. The van der Waals surface area contributed by atoms with E-state index in [0.29, 0.717) is 0 Å². The van der Waals surface area contributed by atoms with E-state index in [-0.39, 0.29) is 0 Å². The van der Waals surface area contributed by atoms with E-state index in [1.54, 1.807) is 0 Å². The van der Waals surface area contributed by atoms with Gasteiger partial charge in [-0.05, 0) is 37.1 Å². The number of nitrogens with zero attached hydrogens (tertiary/aromatic N) is 5. The number of aromatic nitrogens is 3. The van der Waals surface area contributed by atoms with E-state index in [2.05, 4.69) is 69.6 Å². The number of hydrogen-bond donors (Lipinski definition) is 2. The molecule has 7 heteroatoms. The van der Waals surface area contributed by atoms with Crippen LogP contribution in [0.15, 0.2) is 48.7 Å². The number of anilines is 5. The number of nitrogens with one attached hydrogen (secondary N) is 2. The molecule has 1 aromatic carbocycles. The summed E-state index contributed by atoms with van der Waals surface area (Å²) in [6.45, 7) is 7.76. The minimum absolute atomic E-state index is 0.756. The topological polar surface area (TPSA) is 69.2 Å².